The molecule has 2 heterocycles. The molecule has 0 spiro atoms. The summed E-state index contributed by atoms with van der Waals surface area (Å²) >= 11 is 0. The number of fused-ring (bicyclic) bond motifs is 1. The molecule has 2 aromatic rings. The highest BCUT2D eigenvalue weighted by atomic mass is 15.1. The maximum Gasteiger partial charge on any atom is 0.127 e. The van der Waals surface area contributed by atoms with Crippen LogP contribution >= 0.6 is 0 Å². The van der Waals surface area contributed by atoms with Crippen molar-refractivity contribution in [1.82, 2.24) is 9.97 Å². The van der Waals surface area contributed by atoms with Crippen molar-refractivity contribution in [3.63, 3.8) is 0 Å². The number of aromatic nitrogens is 2. The Balaban J connectivity index is 1.71. The van der Waals surface area contributed by atoms with Crippen LogP contribution in [0.15, 0.2) is 47.7 Å². The Morgan fingerprint density at radius 3 is 2.89 bits per heavy atom. The lowest BCUT2D eigenvalue weighted by molar-refractivity contribution is 0.821. The van der Waals surface area contributed by atoms with Gasteiger partial charge in [0.15, 0.2) is 0 Å². The van der Waals surface area contributed by atoms with Crippen molar-refractivity contribution in [1.29, 1.82) is 0 Å². The van der Waals surface area contributed by atoms with Crippen LogP contribution in [0, 0.1) is 0 Å². The van der Waals surface area contributed by atoms with Crippen LogP contribution in [0.1, 0.15) is 24.1 Å². The summed E-state index contributed by atoms with van der Waals surface area (Å²) in [4.78, 5) is 13.3. The van der Waals surface area contributed by atoms with Crippen LogP contribution < -0.4 is 5.32 Å². The molecule has 0 aliphatic heterocycles. The zero-order valence-electron chi connectivity index (χ0n) is 10.7. The van der Waals surface area contributed by atoms with Crippen LogP contribution in [0.25, 0.3) is 0 Å². The van der Waals surface area contributed by atoms with Crippen molar-refractivity contribution in [3.05, 3.63) is 54.0 Å². The fraction of sp³-hybridized carbons (Fsp3) is 0.267. The molecule has 0 saturated heterocycles. The number of pyridine rings is 2. The number of aliphatic imine (C=N–C) groups is 1. The highest BCUT2D eigenvalue weighted by Gasteiger charge is 2.15. The maximum absolute atomic E-state index is 4.62. The van der Waals surface area contributed by atoms with E-state index in [1.807, 2.05) is 30.5 Å². The maximum atomic E-state index is 4.62. The lowest BCUT2D eigenvalue weighted by Crippen LogP contribution is -2.15. The van der Waals surface area contributed by atoms with Gasteiger partial charge in [-0.25, -0.2) is 4.98 Å². The van der Waals surface area contributed by atoms with Gasteiger partial charge in [-0.05, 0) is 43.0 Å². The fourth-order valence-electron chi connectivity index (χ4n) is 2.30. The summed E-state index contributed by atoms with van der Waals surface area (Å²) in [7, 11) is 0. The van der Waals surface area contributed by atoms with Gasteiger partial charge in [-0.3, -0.25) is 9.98 Å². The average Bonchev–Trinajstić information content (AvgIpc) is 2.49. The SMILES string of the molecule is c1ccc(NC/N=C2\CCCc3cccnc32)nc1. The van der Waals surface area contributed by atoms with Crippen molar-refractivity contribution < 1.29 is 0 Å². The molecule has 0 amide bonds. The third kappa shape index (κ3) is 2.78. The van der Waals surface area contributed by atoms with Crippen LogP contribution in [-0.2, 0) is 6.42 Å². The summed E-state index contributed by atoms with van der Waals surface area (Å²) in [5, 5.41) is 3.20. The second-order valence-electron chi connectivity index (χ2n) is 4.52. The van der Waals surface area contributed by atoms with E-state index >= 15 is 0 Å². The first-order valence-corrected chi connectivity index (χ1v) is 6.56. The molecule has 4 heteroatoms. The first-order valence-electron chi connectivity index (χ1n) is 6.56. The minimum Gasteiger partial charge on any atom is -0.351 e. The Labute approximate surface area is 112 Å². The average molecular weight is 252 g/mol. The van der Waals surface area contributed by atoms with Crippen LogP contribution in [0.3, 0.4) is 0 Å². The molecule has 0 fully saturated rings. The van der Waals surface area contributed by atoms with E-state index in [-0.39, 0.29) is 0 Å². The van der Waals surface area contributed by atoms with E-state index in [1.54, 1.807) is 6.20 Å². The second kappa shape index (κ2) is 5.61. The molecule has 19 heavy (non-hydrogen) atoms. The van der Waals surface area contributed by atoms with Crippen molar-refractivity contribution in [3.8, 4) is 0 Å². The summed E-state index contributed by atoms with van der Waals surface area (Å²) in [6.45, 7) is 0.544. The zero-order chi connectivity index (χ0) is 12.9. The molecule has 4 nitrogen and oxygen atoms in total. The van der Waals surface area contributed by atoms with Crippen LogP contribution in [0.2, 0.25) is 0 Å². The third-order valence-corrected chi connectivity index (χ3v) is 3.22. The highest BCUT2D eigenvalue weighted by Crippen LogP contribution is 2.19. The molecule has 0 bridgehead atoms. The lowest BCUT2D eigenvalue weighted by Gasteiger charge is -2.16. The lowest BCUT2D eigenvalue weighted by atomic mass is 9.94. The fourth-order valence-corrected chi connectivity index (χ4v) is 2.30. The van der Waals surface area contributed by atoms with E-state index < -0.39 is 0 Å². The summed E-state index contributed by atoms with van der Waals surface area (Å²) in [5.74, 6) is 0.851. The van der Waals surface area contributed by atoms with Gasteiger partial charge in [0, 0.05) is 12.4 Å². The minimum absolute atomic E-state index is 0.544. The monoisotopic (exact) mass is 252 g/mol. The Hall–Kier alpha value is -2.23. The predicted molar refractivity (Wildman–Crippen MR) is 76.4 cm³/mol. The summed E-state index contributed by atoms with van der Waals surface area (Å²) in [6.07, 6.45) is 6.88. The molecule has 3 rings (SSSR count). The number of hydrogen-bond donors (Lipinski definition) is 1. The van der Waals surface area contributed by atoms with Gasteiger partial charge >= 0.3 is 0 Å². The van der Waals surface area contributed by atoms with E-state index in [1.165, 1.54) is 5.56 Å². The second-order valence-corrected chi connectivity index (χ2v) is 4.52. The van der Waals surface area contributed by atoms with Gasteiger partial charge in [0.1, 0.15) is 12.5 Å². The Morgan fingerprint density at radius 1 is 1.05 bits per heavy atom. The van der Waals surface area contributed by atoms with Gasteiger partial charge in [-0.15, -0.1) is 0 Å². The number of nitrogens with zero attached hydrogens (tertiary/aromatic N) is 3. The van der Waals surface area contributed by atoms with Crippen LogP contribution in [0.5, 0.6) is 0 Å². The van der Waals surface area contributed by atoms with Gasteiger partial charge in [0.05, 0.1) is 11.4 Å². The predicted octanol–water partition coefficient (Wildman–Crippen LogP) is 2.67. The number of anilines is 1. The van der Waals surface area contributed by atoms with Gasteiger partial charge in [-0.1, -0.05) is 12.1 Å². The zero-order valence-corrected chi connectivity index (χ0v) is 10.7. The van der Waals surface area contributed by atoms with Gasteiger partial charge in [0.2, 0.25) is 0 Å². The van der Waals surface area contributed by atoms with E-state index in [4.69, 9.17) is 0 Å². The van der Waals surface area contributed by atoms with Crippen LogP contribution in [-0.4, -0.2) is 22.3 Å². The van der Waals surface area contributed by atoms with E-state index in [0.717, 1.165) is 36.5 Å². The molecular weight excluding hydrogens is 236 g/mol. The Bertz CT molecular complexity index is 578. The largest absolute Gasteiger partial charge is 0.351 e. The van der Waals surface area contributed by atoms with E-state index in [0.29, 0.717) is 6.67 Å². The van der Waals surface area contributed by atoms with E-state index in [2.05, 4.69) is 26.3 Å². The van der Waals surface area contributed by atoms with Crippen molar-refractivity contribution in [2.24, 2.45) is 4.99 Å². The Morgan fingerprint density at radius 2 is 2.00 bits per heavy atom. The quantitative estimate of drug-likeness (QED) is 0.913. The van der Waals surface area contributed by atoms with Gasteiger partial charge < -0.3 is 5.32 Å². The topological polar surface area (TPSA) is 50.2 Å². The smallest absolute Gasteiger partial charge is 0.127 e. The first kappa shape index (κ1) is 11.8. The molecule has 0 saturated carbocycles. The minimum atomic E-state index is 0.544. The summed E-state index contributed by atoms with van der Waals surface area (Å²) in [6, 6.07) is 9.93. The molecular formula is C15H16N4. The molecule has 1 aliphatic rings. The number of aryl methyl sites for hydroxylation is 1. The molecule has 96 valence electrons. The standard InChI is InChI=1S/C15H16N4/c1-2-9-16-14(8-1)19-11-18-13-7-3-5-12-6-4-10-17-15(12)13/h1-2,4,6,8-10H,3,5,7,11H2,(H,16,19)/b18-13+. The number of hydrogen-bond acceptors (Lipinski definition) is 4. The van der Waals surface area contributed by atoms with Crippen molar-refractivity contribution in [2.75, 3.05) is 12.0 Å². The molecule has 0 atom stereocenters. The first-order chi connectivity index (χ1) is 9.43. The van der Waals surface area contributed by atoms with Crippen molar-refractivity contribution in [2.45, 2.75) is 19.3 Å². The van der Waals surface area contributed by atoms with Crippen molar-refractivity contribution >= 4 is 11.5 Å². The molecule has 1 N–H and O–H groups in total. The Kier molecular flexibility index (Phi) is 3.49. The van der Waals surface area contributed by atoms with Gasteiger partial charge in [-0.2, -0.15) is 0 Å². The normalized spacial score (nSPS) is 16.1. The molecule has 0 aromatic carbocycles. The molecule has 0 unspecified atom stereocenters. The molecule has 1 aliphatic carbocycles. The van der Waals surface area contributed by atoms with E-state index in [9.17, 15) is 0 Å². The number of nitrogens with one attached hydrogen (secondary N) is 1. The summed E-state index contributed by atoms with van der Waals surface area (Å²) < 4.78 is 0. The number of rotatable bonds is 3. The highest BCUT2D eigenvalue weighted by molar-refractivity contribution is 6.01. The summed E-state index contributed by atoms with van der Waals surface area (Å²) in [5.41, 5.74) is 3.48. The molecule has 2 aromatic heterocycles. The van der Waals surface area contributed by atoms with Crippen LogP contribution in [0.4, 0.5) is 5.82 Å². The molecule has 0 radical (unpaired) electrons. The van der Waals surface area contributed by atoms with Gasteiger partial charge in [0.25, 0.3) is 0 Å². The third-order valence-electron chi connectivity index (χ3n) is 3.22.